The third-order valence-electron chi connectivity index (χ3n) is 0.639. The predicted octanol–water partition coefficient (Wildman–Crippen LogP) is 1.39. The fourth-order valence-corrected chi connectivity index (χ4v) is 0.432. The number of halogens is 1. The van der Waals surface area contributed by atoms with E-state index in [-0.39, 0.29) is 4.95 Å². The van der Waals surface area contributed by atoms with E-state index in [0.717, 1.165) is 6.42 Å². The Kier molecular flexibility index (Phi) is 3.60. The maximum absolute atomic E-state index is 9.83. The Morgan fingerprint density at radius 2 is 2.50 bits per heavy atom. The van der Waals surface area contributed by atoms with Crippen LogP contribution in [0, 0.1) is 0 Å². The van der Waals surface area contributed by atoms with E-state index in [2.05, 4.69) is 21.2 Å². The standard InChI is InChI=1S/C4H8BrNO2/c1-2-3(5)6-4(7)8/h3,6H,2H2,1H3,(H,7,8). The maximum Gasteiger partial charge on any atom is 0.405 e. The zero-order valence-electron chi connectivity index (χ0n) is 4.52. The number of alkyl halides is 1. The lowest BCUT2D eigenvalue weighted by atomic mass is 10.5. The zero-order chi connectivity index (χ0) is 6.57. The lowest BCUT2D eigenvalue weighted by Crippen LogP contribution is -2.27. The van der Waals surface area contributed by atoms with Gasteiger partial charge in [0.25, 0.3) is 0 Å². The van der Waals surface area contributed by atoms with Crippen LogP contribution in [0.3, 0.4) is 0 Å². The van der Waals surface area contributed by atoms with E-state index in [1.807, 2.05) is 6.92 Å². The summed E-state index contributed by atoms with van der Waals surface area (Å²) in [5.74, 6) is 0. The van der Waals surface area contributed by atoms with E-state index < -0.39 is 6.09 Å². The Labute approximate surface area is 56.2 Å². The molecule has 0 bridgehead atoms. The number of nitrogens with one attached hydrogen (secondary N) is 1. The zero-order valence-corrected chi connectivity index (χ0v) is 6.10. The Morgan fingerprint density at radius 1 is 2.00 bits per heavy atom. The summed E-state index contributed by atoms with van der Waals surface area (Å²) < 4.78 is 0. The summed E-state index contributed by atoms with van der Waals surface area (Å²) >= 11 is 3.09. The van der Waals surface area contributed by atoms with E-state index in [0.29, 0.717) is 0 Å². The molecule has 0 aromatic rings. The van der Waals surface area contributed by atoms with Gasteiger partial charge in [0.15, 0.2) is 0 Å². The Balaban J connectivity index is 3.24. The summed E-state index contributed by atoms with van der Waals surface area (Å²) in [6, 6.07) is 0. The van der Waals surface area contributed by atoms with Crippen LogP contribution < -0.4 is 5.32 Å². The van der Waals surface area contributed by atoms with Crippen molar-refractivity contribution in [1.29, 1.82) is 0 Å². The van der Waals surface area contributed by atoms with Crippen molar-refractivity contribution in [3.8, 4) is 0 Å². The minimum absolute atomic E-state index is 0.111. The molecule has 0 aromatic carbocycles. The summed E-state index contributed by atoms with van der Waals surface area (Å²) in [6.07, 6.45) is -0.236. The summed E-state index contributed by atoms with van der Waals surface area (Å²) in [5.41, 5.74) is 0. The minimum Gasteiger partial charge on any atom is -0.465 e. The summed E-state index contributed by atoms with van der Waals surface area (Å²) in [5, 5.41) is 10.3. The molecule has 1 amide bonds. The SMILES string of the molecule is CCC(Br)NC(=O)O. The van der Waals surface area contributed by atoms with Gasteiger partial charge in [0.05, 0.1) is 4.95 Å². The van der Waals surface area contributed by atoms with Gasteiger partial charge >= 0.3 is 6.09 Å². The molecule has 0 aromatic heterocycles. The molecule has 0 spiro atoms. The number of rotatable bonds is 2. The summed E-state index contributed by atoms with van der Waals surface area (Å²) in [7, 11) is 0. The predicted molar refractivity (Wildman–Crippen MR) is 34.2 cm³/mol. The molecule has 0 aliphatic heterocycles. The van der Waals surface area contributed by atoms with Crippen molar-refractivity contribution < 1.29 is 9.90 Å². The second kappa shape index (κ2) is 3.72. The average Bonchev–Trinajstić information content (AvgIpc) is 1.65. The molecule has 2 N–H and O–H groups in total. The quantitative estimate of drug-likeness (QED) is 0.500. The van der Waals surface area contributed by atoms with Crippen LogP contribution in [-0.2, 0) is 0 Å². The highest BCUT2D eigenvalue weighted by atomic mass is 79.9. The third kappa shape index (κ3) is 3.92. The third-order valence-corrected chi connectivity index (χ3v) is 1.51. The van der Waals surface area contributed by atoms with Gasteiger partial charge in [-0.05, 0) is 6.42 Å². The molecule has 0 heterocycles. The molecule has 0 rings (SSSR count). The molecule has 1 unspecified atom stereocenters. The van der Waals surface area contributed by atoms with Crippen molar-refractivity contribution in [1.82, 2.24) is 5.32 Å². The van der Waals surface area contributed by atoms with Gasteiger partial charge in [0, 0.05) is 0 Å². The van der Waals surface area contributed by atoms with Crippen LogP contribution >= 0.6 is 15.9 Å². The number of hydrogen-bond donors (Lipinski definition) is 2. The van der Waals surface area contributed by atoms with Gasteiger partial charge in [-0.3, -0.25) is 0 Å². The van der Waals surface area contributed by atoms with Crippen LogP contribution in [-0.4, -0.2) is 16.2 Å². The molecule has 4 heteroatoms. The van der Waals surface area contributed by atoms with Crippen molar-refractivity contribution in [2.75, 3.05) is 0 Å². The van der Waals surface area contributed by atoms with E-state index in [1.165, 1.54) is 0 Å². The van der Waals surface area contributed by atoms with Crippen molar-refractivity contribution in [3.63, 3.8) is 0 Å². The van der Waals surface area contributed by atoms with Gasteiger partial charge in [-0.15, -0.1) is 0 Å². The van der Waals surface area contributed by atoms with Crippen LogP contribution in [0.25, 0.3) is 0 Å². The molecule has 0 aliphatic carbocycles. The minimum atomic E-state index is -0.992. The molecule has 1 atom stereocenters. The first kappa shape index (κ1) is 7.75. The first-order valence-corrected chi connectivity index (χ1v) is 3.22. The highest BCUT2D eigenvalue weighted by Gasteiger charge is 2.01. The van der Waals surface area contributed by atoms with Gasteiger partial charge in [-0.1, -0.05) is 22.9 Å². The van der Waals surface area contributed by atoms with Crippen LogP contribution in [0.5, 0.6) is 0 Å². The number of carbonyl (C=O) groups is 1. The smallest absolute Gasteiger partial charge is 0.405 e. The van der Waals surface area contributed by atoms with E-state index >= 15 is 0 Å². The van der Waals surface area contributed by atoms with Crippen LogP contribution in [0.2, 0.25) is 0 Å². The monoisotopic (exact) mass is 181 g/mol. The number of hydrogen-bond acceptors (Lipinski definition) is 1. The normalized spacial score (nSPS) is 12.8. The second-order valence-electron chi connectivity index (χ2n) is 1.33. The first-order chi connectivity index (χ1) is 3.66. The Morgan fingerprint density at radius 3 is 2.62 bits per heavy atom. The molecule has 0 radical (unpaired) electrons. The van der Waals surface area contributed by atoms with Gasteiger partial charge in [0.1, 0.15) is 0 Å². The average molecular weight is 182 g/mol. The molecule has 8 heavy (non-hydrogen) atoms. The fourth-order valence-electron chi connectivity index (χ4n) is 0.236. The van der Waals surface area contributed by atoms with Crippen molar-refractivity contribution in [2.24, 2.45) is 0 Å². The second-order valence-corrected chi connectivity index (χ2v) is 2.43. The molecule has 48 valence electrons. The molecule has 0 saturated heterocycles. The molecule has 0 aliphatic rings. The fraction of sp³-hybridized carbons (Fsp3) is 0.750. The highest BCUT2D eigenvalue weighted by Crippen LogP contribution is 1.97. The van der Waals surface area contributed by atoms with Gasteiger partial charge in [-0.2, -0.15) is 0 Å². The van der Waals surface area contributed by atoms with E-state index in [9.17, 15) is 4.79 Å². The summed E-state index contributed by atoms with van der Waals surface area (Å²) in [6.45, 7) is 1.88. The first-order valence-electron chi connectivity index (χ1n) is 2.30. The largest absolute Gasteiger partial charge is 0.465 e. The van der Waals surface area contributed by atoms with E-state index in [1.54, 1.807) is 0 Å². The summed E-state index contributed by atoms with van der Waals surface area (Å²) in [4.78, 5) is 9.72. The van der Waals surface area contributed by atoms with Crippen molar-refractivity contribution in [3.05, 3.63) is 0 Å². The molecule has 3 nitrogen and oxygen atoms in total. The number of amides is 1. The lowest BCUT2D eigenvalue weighted by molar-refractivity contribution is 0.193. The van der Waals surface area contributed by atoms with Crippen LogP contribution in [0.1, 0.15) is 13.3 Å². The van der Waals surface area contributed by atoms with Gasteiger partial charge in [0.2, 0.25) is 0 Å². The Hall–Kier alpha value is -0.250. The van der Waals surface area contributed by atoms with Crippen LogP contribution in [0.4, 0.5) is 4.79 Å². The topological polar surface area (TPSA) is 49.3 Å². The molecule has 0 fully saturated rings. The molecular weight excluding hydrogens is 174 g/mol. The Bertz CT molecular complexity index is 86.1. The maximum atomic E-state index is 9.83. The molecular formula is C4H8BrNO2. The lowest BCUT2D eigenvalue weighted by Gasteiger charge is -2.03. The van der Waals surface area contributed by atoms with Gasteiger partial charge < -0.3 is 10.4 Å². The van der Waals surface area contributed by atoms with Crippen molar-refractivity contribution >= 4 is 22.0 Å². The molecule has 0 saturated carbocycles. The van der Waals surface area contributed by atoms with Crippen LogP contribution in [0.15, 0.2) is 0 Å². The van der Waals surface area contributed by atoms with Gasteiger partial charge in [-0.25, -0.2) is 4.79 Å². The highest BCUT2D eigenvalue weighted by molar-refractivity contribution is 9.09. The van der Waals surface area contributed by atoms with Crippen molar-refractivity contribution in [2.45, 2.75) is 18.3 Å². The van der Waals surface area contributed by atoms with E-state index in [4.69, 9.17) is 5.11 Å². The number of carboxylic acid groups (broad SMARTS) is 1.